The summed E-state index contributed by atoms with van der Waals surface area (Å²) in [4.78, 5) is 21.5. The van der Waals surface area contributed by atoms with E-state index in [4.69, 9.17) is 10.4 Å². The van der Waals surface area contributed by atoms with Gasteiger partial charge in [-0.05, 0) is 25.5 Å². The number of nitrogens with zero attached hydrogens (tertiary/aromatic N) is 2. The summed E-state index contributed by atoms with van der Waals surface area (Å²) in [6, 6.07) is 5.81. The Bertz CT molecular complexity index is 579. The molecule has 7 nitrogen and oxygen atoms in total. The van der Waals surface area contributed by atoms with Gasteiger partial charge in [-0.25, -0.2) is 0 Å². The number of anilines is 1. The van der Waals surface area contributed by atoms with Crippen molar-refractivity contribution in [3.05, 3.63) is 33.9 Å². The highest BCUT2D eigenvalue weighted by Crippen LogP contribution is 2.28. The standard InChI is InChI=1S/C13H15N3O4/c1-3-13(2,12(17)18)8-15-10-6-9(7-14)4-5-11(10)16(19)20/h4-6,15H,3,8H2,1-2H3,(H,17,18). The van der Waals surface area contributed by atoms with E-state index in [0.29, 0.717) is 6.42 Å². The van der Waals surface area contributed by atoms with E-state index in [0.717, 1.165) is 0 Å². The first-order chi connectivity index (χ1) is 9.34. The topological polar surface area (TPSA) is 116 Å². The Kier molecular flexibility index (Phi) is 4.64. The lowest BCUT2D eigenvalue weighted by Gasteiger charge is -2.23. The monoisotopic (exact) mass is 277 g/mol. The van der Waals surface area contributed by atoms with Gasteiger partial charge in [-0.2, -0.15) is 5.26 Å². The molecule has 0 bridgehead atoms. The van der Waals surface area contributed by atoms with Gasteiger partial charge in [0.1, 0.15) is 5.69 Å². The normalized spacial score (nSPS) is 13.1. The maximum atomic E-state index is 11.2. The van der Waals surface area contributed by atoms with Crippen LogP contribution >= 0.6 is 0 Å². The minimum absolute atomic E-state index is 0.0363. The highest BCUT2D eigenvalue weighted by molar-refractivity contribution is 5.75. The van der Waals surface area contributed by atoms with Crippen LogP contribution in [-0.2, 0) is 4.79 Å². The van der Waals surface area contributed by atoms with Gasteiger partial charge >= 0.3 is 5.97 Å². The van der Waals surface area contributed by atoms with Gasteiger partial charge in [-0.1, -0.05) is 6.92 Å². The molecule has 0 aliphatic heterocycles. The first-order valence-electron chi connectivity index (χ1n) is 6.00. The van der Waals surface area contributed by atoms with E-state index >= 15 is 0 Å². The van der Waals surface area contributed by atoms with Crippen molar-refractivity contribution >= 4 is 17.3 Å². The molecule has 1 unspecified atom stereocenters. The fraction of sp³-hybridized carbons (Fsp3) is 0.385. The molecule has 0 aliphatic carbocycles. The van der Waals surface area contributed by atoms with Gasteiger partial charge in [0.05, 0.1) is 22.0 Å². The molecule has 0 spiro atoms. The highest BCUT2D eigenvalue weighted by Gasteiger charge is 2.31. The summed E-state index contributed by atoms with van der Waals surface area (Å²) in [5, 5.41) is 31.7. The number of nitrogens with one attached hydrogen (secondary N) is 1. The first kappa shape index (κ1) is 15.4. The molecular weight excluding hydrogens is 262 g/mol. The van der Waals surface area contributed by atoms with Crippen molar-refractivity contribution in [3.8, 4) is 6.07 Å². The van der Waals surface area contributed by atoms with Gasteiger partial charge in [0.2, 0.25) is 0 Å². The van der Waals surface area contributed by atoms with Crippen molar-refractivity contribution in [2.75, 3.05) is 11.9 Å². The number of carboxylic acid groups (broad SMARTS) is 1. The molecule has 1 aromatic rings. The van der Waals surface area contributed by atoms with Crippen molar-refractivity contribution in [3.63, 3.8) is 0 Å². The van der Waals surface area contributed by atoms with Crippen LogP contribution in [0.15, 0.2) is 18.2 Å². The summed E-state index contributed by atoms with van der Waals surface area (Å²) < 4.78 is 0. The number of hydrogen-bond donors (Lipinski definition) is 2. The number of rotatable bonds is 6. The molecule has 2 N–H and O–H groups in total. The van der Waals surface area contributed by atoms with Crippen LogP contribution in [0.1, 0.15) is 25.8 Å². The lowest BCUT2D eigenvalue weighted by molar-refractivity contribution is -0.384. The Morgan fingerprint density at radius 1 is 1.60 bits per heavy atom. The molecule has 0 saturated heterocycles. The minimum Gasteiger partial charge on any atom is -0.481 e. The van der Waals surface area contributed by atoms with E-state index in [-0.39, 0.29) is 23.5 Å². The Morgan fingerprint density at radius 2 is 2.25 bits per heavy atom. The Hall–Kier alpha value is -2.62. The molecular formula is C13H15N3O4. The molecule has 106 valence electrons. The van der Waals surface area contributed by atoms with Gasteiger partial charge in [0, 0.05) is 12.6 Å². The van der Waals surface area contributed by atoms with Crippen LogP contribution in [0.2, 0.25) is 0 Å². The molecule has 0 aliphatic rings. The summed E-state index contributed by atoms with van der Waals surface area (Å²) in [7, 11) is 0. The average Bonchev–Trinajstić information content (AvgIpc) is 2.43. The zero-order valence-corrected chi connectivity index (χ0v) is 11.2. The predicted molar refractivity (Wildman–Crippen MR) is 72.3 cm³/mol. The van der Waals surface area contributed by atoms with Crippen LogP contribution in [0.5, 0.6) is 0 Å². The number of benzene rings is 1. The fourth-order valence-electron chi connectivity index (χ4n) is 1.55. The van der Waals surface area contributed by atoms with Crippen LogP contribution in [0, 0.1) is 26.9 Å². The molecule has 1 atom stereocenters. The number of carbonyl (C=O) groups is 1. The van der Waals surface area contributed by atoms with Crippen LogP contribution in [-0.4, -0.2) is 22.5 Å². The van der Waals surface area contributed by atoms with E-state index in [1.807, 2.05) is 6.07 Å². The second-order valence-corrected chi connectivity index (χ2v) is 4.67. The second-order valence-electron chi connectivity index (χ2n) is 4.67. The van der Waals surface area contributed by atoms with Crippen LogP contribution < -0.4 is 5.32 Å². The average molecular weight is 277 g/mol. The van der Waals surface area contributed by atoms with Gasteiger partial charge in [-0.3, -0.25) is 14.9 Å². The van der Waals surface area contributed by atoms with Crippen LogP contribution in [0.25, 0.3) is 0 Å². The quantitative estimate of drug-likeness (QED) is 0.609. The Balaban J connectivity index is 3.05. The number of nitro benzene ring substituents is 1. The number of nitriles is 1. The first-order valence-corrected chi connectivity index (χ1v) is 6.00. The summed E-state index contributed by atoms with van der Waals surface area (Å²) in [5.41, 5.74) is -0.800. The van der Waals surface area contributed by atoms with Crippen LogP contribution in [0.4, 0.5) is 11.4 Å². The largest absolute Gasteiger partial charge is 0.481 e. The molecule has 0 fully saturated rings. The molecule has 0 heterocycles. The third-order valence-corrected chi connectivity index (χ3v) is 3.29. The second kappa shape index (κ2) is 6.02. The van der Waals surface area contributed by atoms with Crippen molar-refractivity contribution in [2.24, 2.45) is 5.41 Å². The third-order valence-electron chi connectivity index (χ3n) is 3.29. The Morgan fingerprint density at radius 3 is 2.70 bits per heavy atom. The number of hydrogen-bond acceptors (Lipinski definition) is 5. The number of carboxylic acids is 1. The molecule has 0 aromatic heterocycles. The predicted octanol–water partition coefficient (Wildman–Crippen LogP) is 2.38. The summed E-state index contributed by atoms with van der Waals surface area (Å²) in [5.74, 6) is -0.980. The zero-order valence-electron chi connectivity index (χ0n) is 11.2. The van der Waals surface area contributed by atoms with E-state index in [1.165, 1.54) is 18.2 Å². The van der Waals surface area contributed by atoms with Crippen molar-refractivity contribution < 1.29 is 14.8 Å². The molecule has 20 heavy (non-hydrogen) atoms. The molecule has 0 amide bonds. The molecule has 1 aromatic carbocycles. The maximum absolute atomic E-state index is 11.2. The van der Waals surface area contributed by atoms with Crippen LogP contribution in [0.3, 0.4) is 0 Å². The highest BCUT2D eigenvalue weighted by atomic mass is 16.6. The number of nitro groups is 1. The lowest BCUT2D eigenvalue weighted by Crippen LogP contribution is -2.34. The lowest BCUT2D eigenvalue weighted by atomic mass is 9.87. The minimum atomic E-state index is -1.03. The molecule has 0 radical (unpaired) electrons. The summed E-state index contributed by atoms with van der Waals surface area (Å²) >= 11 is 0. The zero-order chi connectivity index (χ0) is 15.3. The SMILES string of the molecule is CCC(C)(CNc1cc(C#N)ccc1[N+](=O)[O-])C(=O)O. The smallest absolute Gasteiger partial charge is 0.311 e. The Labute approximate surface area is 116 Å². The van der Waals surface area contributed by atoms with E-state index in [2.05, 4.69) is 5.32 Å². The van der Waals surface area contributed by atoms with Gasteiger partial charge < -0.3 is 10.4 Å². The van der Waals surface area contributed by atoms with Gasteiger partial charge in [0.25, 0.3) is 5.69 Å². The van der Waals surface area contributed by atoms with Crippen molar-refractivity contribution in [1.82, 2.24) is 0 Å². The maximum Gasteiger partial charge on any atom is 0.311 e. The fourth-order valence-corrected chi connectivity index (χ4v) is 1.55. The van der Waals surface area contributed by atoms with E-state index < -0.39 is 16.3 Å². The van der Waals surface area contributed by atoms with E-state index in [9.17, 15) is 14.9 Å². The van der Waals surface area contributed by atoms with Gasteiger partial charge in [-0.15, -0.1) is 0 Å². The van der Waals surface area contributed by atoms with Crippen molar-refractivity contribution in [1.29, 1.82) is 5.26 Å². The third kappa shape index (κ3) is 3.23. The summed E-state index contributed by atoms with van der Waals surface area (Å²) in [6.07, 6.45) is 0.376. The van der Waals surface area contributed by atoms with E-state index in [1.54, 1.807) is 13.8 Å². The van der Waals surface area contributed by atoms with Gasteiger partial charge in [0.15, 0.2) is 0 Å². The molecule has 7 heteroatoms. The summed E-state index contributed by atoms with van der Waals surface area (Å²) in [6.45, 7) is 3.33. The molecule has 0 saturated carbocycles. The molecule has 1 rings (SSSR count). The number of aliphatic carboxylic acids is 1. The van der Waals surface area contributed by atoms with Crippen molar-refractivity contribution in [2.45, 2.75) is 20.3 Å².